The van der Waals surface area contributed by atoms with E-state index in [1.807, 2.05) is 158 Å². The summed E-state index contributed by atoms with van der Waals surface area (Å²) in [5, 5.41) is 21.3. The molecule has 3 fully saturated rings. The predicted octanol–water partition coefficient (Wildman–Crippen LogP) is 21.8. The van der Waals surface area contributed by atoms with Gasteiger partial charge < -0.3 is 10.7 Å². The average Bonchev–Trinajstić information content (AvgIpc) is 1.62. The maximum atomic E-state index is 13.0. The van der Waals surface area contributed by atoms with Crippen molar-refractivity contribution >= 4 is 169 Å². The Labute approximate surface area is 592 Å². The van der Waals surface area contributed by atoms with Crippen molar-refractivity contribution in [3.63, 3.8) is 0 Å². The summed E-state index contributed by atoms with van der Waals surface area (Å²) in [5.74, 6) is 2.97. The van der Waals surface area contributed by atoms with Gasteiger partial charge in [0.05, 0.1) is 38.0 Å². The first-order valence-electron chi connectivity index (χ1n) is 31.9. The zero-order valence-electron chi connectivity index (χ0n) is 52.7. The van der Waals surface area contributed by atoms with E-state index in [2.05, 4.69) is 76.7 Å². The van der Waals surface area contributed by atoms with Gasteiger partial charge in [0, 0.05) is 66.2 Å². The minimum absolute atomic E-state index is 0.102. The monoisotopic (exact) mass is 1400 g/mol. The van der Waals surface area contributed by atoms with E-state index >= 15 is 0 Å². The summed E-state index contributed by atoms with van der Waals surface area (Å²) in [7, 11) is 0. The maximum Gasteiger partial charge on any atom is 0.293 e. The lowest BCUT2D eigenvalue weighted by molar-refractivity contribution is -0.383. The Bertz CT molecular complexity index is 5520. The van der Waals surface area contributed by atoms with Crippen molar-refractivity contribution < 1.29 is 24.1 Å². The van der Waals surface area contributed by atoms with E-state index in [4.69, 9.17) is 73.7 Å². The number of rotatable bonds is 8. The van der Waals surface area contributed by atoms with Gasteiger partial charge in [-0.1, -0.05) is 216 Å². The minimum Gasteiger partial charge on any atom is -0.393 e. The van der Waals surface area contributed by atoms with Crippen LogP contribution in [-0.2, 0) is 4.79 Å². The lowest BCUT2D eigenvalue weighted by Crippen LogP contribution is -2.14. The number of nitrogen functional groups attached to an aromatic ring is 1. The molecule has 0 spiro atoms. The van der Waals surface area contributed by atoms with Gasteiger partial charge in [0.15, 0.2) is 6.29 Å². The highest BCUT2D eigenvalue weighted by Crippen LogP contribution is 2.40. The van der Waals surface area contributed by atoms with Crippen LogP contribution in [0.15, 0.2) is 243 Å². The molecule has 0 unspecified atom stereocenters. The molecule has 0 radical (unpaired) electrons. The van der Waals surface area contributed by atoms with Crippen molar-refractivity contribution in [2.75, 3.05) is 5.73 Å². The number of carbonyl (C=O) groups excluding carboxylic acids is 4. The molecule has 3 heterocycles. The lowest BCUT2D eigenvalue weighted by Gasteiger charge is -2.10. The quantitative estimate of drug-likeness (QED) is 0.0485. The van der Waals surface area contributed by atoms with Crippen molar-refractivity contribution in [2.45, 2.75) is 38.5 Å². The zero-order chi connectivity index (χ0) is 68.8. The second-order valence-electron chi connectivity index (χ2n) is 24.1. The van der Waals surface area contributed by atoms with Crippen LogP contribution in [0.4, 0.5) is 11.4 Å². The molecule has 14 nitrogen and oxygen atoms in total. The molecule has 3 aliphatic carbocycles. The first-order valence-corrected chi connectivity index (χ1v) is 33.8. The van der Waals surface area contributed by atoms with Gasteiger partial charge in [0.1, 0.15) is 23.2 Å². The third kappa shape index (κ3) is 15.3. The summed E-state index contributed by atoms with van der Waals surface area (Å²) in [6.07, 6.45) is 6.75. The molecule has 12 aromatic carbocycles. The Hall–Kier alpha value is -10.6. The topological polar surface area (TPSA) is 202 Å². The number of aromatic amines is 1. The molecule has 0 aliphatic heterocycles. The van der Waals surface area contributed by atoms with E-state index in [0.29, 0.717) is 31.7 Å². The average molecular weight is 1410 g/mol. The largest absolute Gasteiger partial charge is 0.393 e. The standard InChI is InChI=1S/2C21H15ClN2O.C17H11ClN2.C11H8O.C6H5ClN2O2.C4H5ClO/c22-15-10-11-19-18(12-15)23-20(24(19)21(25)14-8-9-14)17-7-3-5-13-4-1-2-6-16(13)17;22-15-10-11-18-19(12-15)24(21(25)14-8-9-14)20(23-18)17-7-3-5-13-4-1-2-6-16(13)17;18-12-8-9-15-16(10-12)20-17(19-15)14-7-3-5-11-4-1-2-6-13(11)14;12-8-10-6-3-5-9-4-1-2-7-11(9)10;7-4-1-2-5(8)6(3-4)9(10)11;5-4(6)3-1-2-3/h2*1-7,10-12,14H,8-9H2;1-10H,(H,19,20);1-8H;1-3H,8H2;3H,1-2H2. The van der Waals surface area contributed by atoms with Crippen LogP contribution in [0.25, 0.3) is 110 Å². The molecule has 18 rings (SSSR count). The first kappa shape index (κ1) is 67.0. The fourth-order valence-electron chi connectivity index (χ4n) is 11.7. The van der Waals surface area contributed by atoms with Crippen LogP contribution in [0.2, 0.25) is 20.1 Å². The second-order valence-corrected chi connectivity index (χ2v) is 26.2. The smallest absolute Gasteiger partial charge is 0.293 e. The number of fused-ring (bicyclic) bond motifs is 7. The van der Waals surface area contributed by atoms with Gasteiger partial charge in [-0.2, -0.15) is 0 Å². The third-order valence-corrected chi connectivity index (χ3v) is 18.4. The summed E-state index contributed by atoms with van der Waals surface area (Å²) in [6, 6.07) is 77.6. The number of nitrogens with one attached hydrogen (secondary N) is 1. The minimum atomic E-state index is -0.568. The number of nitrogens with two attached hydrogens (primary N) is 1. The van der Waals surface area contributed by atoms with Crippen molar-refractivity contribution in [3.05, 3.63) is 278 Å². The summed E-state index contributed by atoms with van der Waals surface area (Å²) in [4.78, 5) is 73.8. The van der Waals surface area contributed by atoms with Gasteiger partial charge in [-0.25, -0.2) is 15.0 Å². The Morgan fingerprint density at radius 3 is 1.39 bits per heavy atom. The number of imidazole rings is 3. The molecule has 3 aromatic heterocycles. The maximum absolute atomic E-state index is 13.0. The molecule has 15 aromatic rings. The van der Waals surface area contributed by atoms with Crippen LogP contribution in [0.3, 0.4) is 0 Å². The molecule has 0 bridgehead atoms. The fraction of sp³-hybridized carbons (Fsp3) is 0.113. The molecule has 19 heteroatoms. The number of H-pyrrole nitrogens is 1. The number of carbonyl (C=O) groups is 4. The molecule has 99 heavy (non-hydrogen) atoms. The van der Waals surface area contributed by atoms with Crippen LogP contribution in [0.5, 0.6) is 0 Å². The van der Waals surface area contributed by atoms with Gasteiger partial charge in [-0.05, 0) is 160 Å². The number of nitro groups is 1. The molecule has 3 N–H and O–H groups in total. The Balaban J connectivity index is 0.000000112. The van der Waals surface area contributed by atoms with Crippen molar-refractivity contribution in [1.82, 2.24) is 29.1 Å². The summed E-state index contributed by atoms with van der Waals surface area (Å²) >= 11 is 28.9. The van der Waals surface area contributed by atoms with E-state index in [0.717, 1.165) is 138 Å². The Morgan fingerprint density at radius 2 is 0.879 bits per heavy atom. The molecule has 0 amide bonds. The molecule has 3 aliphatic rings. The molecule has 0 saturated heterocycles. The van der Waals surface area contributed by atoms with Crippen LogP contribution in [0.1, 0.15) is 58.5 Å². The van der Waals surface area contributed by atoms with Gasteiger partial charge in [0.25, 0.3) is 5.69 Å². The normalized spacial score (nSPS) is 13.0. The number of hydrogen-bond acceptors (Lipinski definition) is 10. The van der Waals surface area contributed by atoms with E-state index in [1.54, 1.807) is 9.13 Å². The van der Waals surface area contributed by atoms with E-state index in [-0.39, 0.29) is 46.2 Å². The highest BCUT2D eigenvalue weighted by Gasteiger charge is 2.35. The van der Waals surface area contributed by atoms with Crippen molar-refractivity contribution in [2.24, 2.45) is 17.8 Å². The summed E-state index contributed by atoms with van der Waals surface area (Å²) in [5.41, 5.74) is 14.1. The third-order valence-electron chi connectivity index (χ3n) is 17.1. The summed E-state index contributed by atoms with van der Waals surface area (Å²) < 4.78 is 3.55. The number of aromatic nitrogens is 6. The van der Waals surface area contributed by atoms with Gasteiger partial charge >= 0.3 is 0 Å². The summed E-state index contributed by atoms with van der Waals surface area (Å²) in [6.45, 7) is 0. The molecular weight excluding hydrogens is 1350 g/mol. The number of benzene rings is 12. The van der Waals surface area contributed by atoms with Gasteiger partial charge in [0.2, 0.25) is 17.1 Å². The Morgan fingerprint density at radius 1 is 0.455 bits per heavy atom. The van der Waals surface area contributed by atoms with Crippen LogP contribution in [0, 0.1) is 27.9 Å². The molecule has 490 valence electrons. The van der Waals surface area contributed by atoms with Crippen LogP contribution < -0.4 is 5.73 Å². The van der Waals surface area contributed by atoms with Gasteiger partial charge in [-0.15, -0.1) is 0 Å². The highest BCUT2D eigenvalue weighted by atomic mass is 35.5. The molecular formula is C80H59Cl5N8O6. The number of nitrogens with zero attached hydrogens (tertiary/aromatic N) is 6. The van der Waals surface area contributed by atoms with Crippen LogP contribution in [-0.4, -0.2) is 57.3 Å². The van der Waals surface area contributed by atoms with Crippen molar-refractivity contribution in [1.29, 1.82) is 0 Å². The predicted molar refractivity (Wildman–Crippen MR) is 402 cm³/mol. The highest BCUT2D eigenvalue weighted by molar-refractivity contribution is 6.64. The van der Waals surface area contributed by atoms with Gasteiger partial charge in [-0.3, -0.25) is 38.4 Å². The number of aldehydes is 1. The van der Waals surface area contributed by atoms with E-state index in [1.165, 1.54) is 29.0 Å². The van der Waals surface area contributed by atoms with Crippen molar-refractivity contribution in [3.8, 4) is 34.2 Å². The number of anilines is 1. The lowest BCUT2D eigenvalue weighted by atomic mass is 10.0. The number of halogens is 5. The second kappa shape index (κ2) is 29.6. The molecule has 0 atom stereocenters. The fourth-order valence-corrected chi connectivity index (χ4v) is 12.5. The Kier molecular flexibility index (Phi) is 20.1. The van der Waals surface area contributed by atoms with E-state index < -0.39 is 4.92 Å². The number of hydrogen-bond donors (Lipinski definition) is 2. The zero-order valence-corrected chi connectivity index (χ0v) is 56.5. The SMILES string of the molecule is Clc1ccc2nc(-c3cccc4ccccc34)[nH]c2c1.Nc1ccc(Cl)cc1[N+](=O)[O-].O=C(C1CC1)n1c(-c2cccc3ccccc23)nc2cc(Cl)ccc21.O=C(C1CC1)n1c(-c2cccc3ccccc23)nc2ccc(Cl)cc21.O=C(Cl)C1CC1.O=Cc1cccc2ccccc12. The first-order chi connectivity index (χ1) is 48.1. The molecule has 3 saturated carbocycles. The number of nitro benzene ring substituents is 1. The van der Waals surface area contributed by atoms with E-state index in [9.17, 15) is 29.3 Å². The van der Waals surface area contributed by atoms with Crippen LogP contribution >= 0.6 is 58.0 Å².